The number of carbonyl (C=O) groups excluding carboxylic acids is 1. The lowest BCUT2D eigenvalue weighted by Crippen LogP contribution is -2.17. The maximum absolute atomic E-state index is 13.7. The molecule has 0 aliphatic rings. The summed E-state index contributed by atoms with van der Waals surface area (Å²) < 4.78 is 27.3. The number of anilines is 2. The van der Waals surface area contributed by atoms with Crippen molar-refractivity contribution in [2.45, 2.75) is 6.92 Å². The summed E-state index contributed by atoms with van der Waals surface area (Å²) in [6.45, 7) is 1.72. The molecule has 0 radical (unpaired) electrons. The molecule has 0 fully saturated rings. The summed E-state index contributed by atoms with van der Waals surface area (Å²) in [5.41, 5.74) is 5.43. The van der Waals surface area contributed by atoms with Gasteiger partial charge in [-0.2, -0.15) is 0 Å². The molecule has 2 aromatic rings. The fourth-order valence-electron chi connectivity index (χ4n) is 1.73. The van der Waals surface area contributed by atoms with Crippen LogP contribution in [0.1, 0.15) is 15.9 Å². The van der Waals surface area contributed by atoms with Crippen LogP contribution in [0, 0.1) is 18.6 Å². The Kier molecular flexibility index (Phi) is 3.90. The highest BCUT2D eigenvalue weighted by Gasteiger charge is 2.20. The van der Waals surface area contributed by atoms with Gasteiger partial charge < -0.3 is 11.1 Å². The molecule has 0 aliphatic heterocycles. The van der Waals surface area contributed by atoms with E-state index in [9.17, 15) is 13.6 Å². The molecule has 0 atom stereocenters. The van der Waals surface area contributed by atoms with Crippen molar-refractivity contribution in [1.29, 1.82) is 0 Å². The predicted molar refractivity (Wildman–Crippen MR) is 74.9 cm³/mol. The Balaban J connectivity index is 2.36. The largest absolute Gasteiger partial charge is 0.396 e. The van der Waals surface area contributed by atoms with E-state index in [0.29, 0.717) is 16.3 Å². The second kappa shape index (κ2) is 5.46. The van der Waals surface area contributed by atoms with Gasteiger partial charge in [-0.15, -0.1) is 0 Å². The van der Waals surface area contributed by atoms with Gasteiger partial charge in [0.1, 0.15) is 11.4 Å². The summed E-state index contributed by atoms with van der Waals surface area (Å²) in [5, 5.41) is 2.93. The number of aryl methyl sites for hydroxylation is 1. The Morgan fingerprint density at radius 3 is 2.60 bits per heavy atom. The second-order valence-corrected chi connectivity index (χ2v) is 4.68. The molecule has 6 heteroatoms. The van der Waals surface area contributed by atoms with Gasteiger partial charge in [0.15, 0.2) is 5.82 Å². The Hall–Kier alpha value is -2.14. The minimum Gasteiger partial charge on any atom is -0.396 e. The van der Waals surface area contributed by atoms with E-state index in [4.69, 9.17) is 17.3 Å². The molecule has 0 bridgehead atoms. The average molecular weight is 297 g/mol. The standard InChI is InChI=1S/C14H11ClF2N2O/c1-7-6-8(15)2-5-11(7)19-14(20)12-9(16)3-4-10(18)13(12)17/h2-6H,18H2,1H3,(H,19,20). The molecule has 0 saturated heterocycles. The smallest absolute Gasteiger partial charge is 0.261 e. The fraction of sp³-hybridized carbons (Fsp3) is 0.0714. The molecule has 3 nitrogen and oxygen atoms in total. The van der Waals surface area contributed by atoms with Gasteiger partial charge in [0.2, 0.25) is 0 Å². The van der Waals surface area contributed by atoms with Crippen molar-refractivity contribution in [2.75, 3.05) is 11.1 Å². The van der Waals surface area contributed by atoms with Gasteiger partial charge in [-0.3, -0.25) is 4.79 Å². The molecule has 104 valence electrons. The molecular formula is C14H11ClF2N2O. The number of hydrogen-bond donors (Lipinski definition) is 2. The molecular weight excluding hydrogens is 286 g/mol. The molecule has 0 heterocycles. The van der Waals surface area contributed by atoms with Gasteiger partial charge in [-0.25, -0.2) is 8.78 Å². The molecule has 2 aromatic carbocycles. The summed E-state index contributed by atoms with van der Waals surface area (Å²) >= 11 is 5.79. The van der Waals surface area contributed by atoms with Crippen LogP contribution in [0.2, 0.25) is 5.02 Å². The SMILES string of the molecule is Cc1cc(Cl)ccc1NC(=O)c1c(F)ccc(N)c1F. The molecule has 2 rings (SSSR count). The number of amides is 1. The highest BCUT2D eigenvalue weighted by Crippen LogP contribution is 2.23. The van der Waals surface area contributed by atoms with Gasteiger partial charge in [-0.05, 0) is 42.8 Å². The summed E-state index contributed by atoms with van der Waals surface area (Å²) in [4.78, 5) is 12.0. The number of nitrogens with two attached hydrogens (primary N) is 1. The minimum absolute atomic E-state index is 0.288. The molecule has 1 amide bonds. The highest BCUT2D eigenvalue weighted by molar-refractivity contribution is 6.30. The number of rotatable bonds is 2. The lowest BCUT2D eigenvalue weighted by Gasteiger charge is -2.10. The summed E-state index contributed by atoms with van der Waals surface area (Å²) in [5.74, 6) is -2.95. The lowest BCUT2D eigenvalue weighted by molar-refractivity contribution is 0.101. The van der Waals surface area contributed by atoms with Crippen LogP contribution in [0.5, 0.6) is 0 Å². The number of carbonyl (C=O) groups is 1. The Morgan fingerprint density at radius 2 is 1.95 bits per heavy atom. The monoisotopic (exact) mass is 296 g/mol. The van der Waals surface area contributed by atoms with Gasteiger partial charge >= 0.3 is 0 Å². The van der Waals surface area contributed by atoms with Crippen LogP contribution >= 0.6 is 11.6 Å². The molecule has 0 spiro atoms. The van der Waals surface area contributed by atoms with E-state index in [1.165, 1.54) is 0 Å². The van der Waals surface area contributed by atoms with Crippen LogP contribution in [0.3, 0.4) is 0 Å². The van der Waals surface area contributed by atoms with Crippen LogP contribution in [0.15, 0.2) is 30.3 Å². The van der Waals surface area contributed by atoms with E-state index in [1.807, 2.05) is 0 Å². The molecule has 20 heavy (non-hydrogen) atoms. The zero-order valence-electron chi connectivity index (χ0n) is 10.5. The third-order valence-electron chi connectivity index (χ3n) is 2.78. The second-order valence-electron chi connectivity index (χ2n) is 4.24. The zero-order chi connectivity index (χ0) is 14.9. The summed E-state index contributed by atoms with van der Waals surface area (Å²) in [6, 6.07) is 6.76. The Bertz CT molecular complexity index is 689. The van der Waals surface area contributed by atoms with Crippen molar-refractivity contribution >= 4 is 28.9 Å². The van der Waals surface area contributed by atoms with Crippen LogP contribution in [-0.2, 0) is 0 Å². The van der Waals surface area contributed by atoms with Gasteiger partial charge in [0.25, 0.3) is 5.91 Å². The highest BCUT2D eigenvalue weighted by atomic mass is 35.5. The maximum atomic E-state index is 13.7. The van der Waals surface area contributed by atoms with Crippen molar-refractivity contribution in [2.24, 2.45) is 0 Å². The van der Waals surface area contributed by atoms with E-state index < -0.39 is 23.1 Å². The summed E-state index contributed by atoms with van der Waals surface area (Å²) in [7, 11) is 0. The van der Waals surface area contributed by atoms with Crippen molar-refractivity contribution in [3.05, 3.63) is 58.1 Å². The van der Waals surface area contributed by atoms with E-state index >= 15 is 0 Å². The van der Waals surface area contributed by atoms with E-state index in [1.54, 1.807) is 25.1 Å². The van der Waals surface area contributed by atoms with Crippen molar-refractivity contribution in [3.8, 4) is 0 Å². The fourth-order valence-corrected chi connectivity index (χ4v) is 1.96. The molecule has 0 aromatic heterocycles. The average Bonchev–Trinajstić information content (AvgIpc) is 2.38. The van der Waals surface area contributed by atoms with Crippen LogP contribution in [-0.4, -0.2) is 5.91 Å². The van der Waals surface area contributed by atoms with Crippen molar-refractivity contribution in [3.63, 3.8) is 0 Å². The predicted octanol–water partition coefficient (Wildman–Crippen LogP) is 3.76. The first-order valence-corrected chi connectivity index (χ1v) is 6.09. The molecule has 0 aliphatic carbocycles. The Morgan fingerprint density at radius 1 is 1.25 bits per heavy atom. The first-order chi connectivity index (χ1) is 9.40. The first-order valence-electron chi connectivity index (χ1n) is 5.71. The topological polar surface area (TPSA) is 55.1 Å². The zero-order valence-corrected chi connectivity index (χ0v) is 11.3. The first kappa shape index (κ1) is 14.3. The third kappa shape index (κ3) is 2.72. The third-order valence-corrected chi connectivity index (χ3v) is 3.02. The number of benzene rings is 2. The molecule has 3 N–H and O–H groups in total. The van der Waals surface area contributed by atoms with Gasteiger partial charge in [-0.1, -0.05) is 11.6 Å². The molecule has 0 unspecified atom stereocenters. The molecule has 0 saturated carbocycles. The quantitative estimate of drug-likeness (QED) is 0.829. The van der Waals surface area contributed by atoms with Gasteiger partial charge in [0, 0.05) is 10.7 Å². The van der Waals surface area contributed by atoms with Crippen LogP contribution in [0.25, 0.3) is 0 Å². The summed E-state index contributed by atoms with van der Waals surface area (Å²) in [6.07, 6.45) is 0. The van der Waals surface area contributed by atoms with E-state index in [-0.39, 0.29) is 5.69 Å². The minimum atomic E-state index is -1.07. The number of nitrogens with one attached hydrogen (secondary N) is 1. The van der Waals surface area contributed by atoms with Crippen LogP contribution in [0.4, 0.5) is 20.2 Å². The Labute approximate surface area is 119 Å². The normalized spacial score (nSPS) is 10.4. The van der Waals surface area contributed by atoms with Crippen molar-refractivity contribution < 1.29 is 13.6 Å². The maximum Gasteiger partial charge on any atom is 0.261 e. The lowest BCUT2D eigenvalue weighted by atomic mass is 10.1. The van der Waals surface area contributed by atoms with Crippen LogP contribution < -0.4 is 11.1 Å². The number of hydrogen-bond acceptors (Lipinski definition) is 2. The number of nitrogen functional groups attached to an aromatic ring is 1. The van der Waals surface area contributed by atoms with E-state index in [2.05, 4.69) is 5.32 Å². The van der Waals surface area contributed by atoms with E-state index in [0.717, 1.165) is 12.1 Å². The number of halogens is 3. The van der Waals surface area contributed by atoms with Crippen molar-refractivity contribution in [1.82, 2.24) is 0 Å². The van der Waals surface area contributed by atoms with Gasteiger partial charge in [0.05, 0.1) is 5.69 Å².